The summed E-state index contributed by atoms with van der Waals surface area (Å²) in [5.41, 5.74) is 5.39. The lowest BCUT2D eigenvalue weighted by molar-refractivity contribution is 0.0118. The topological polar surface area (TPSA) is 87.5 Å². The summed E-state index contributed by atoms with van der Waals surface area (Å²) in [6, 6.07) is 4.13. The molecule has 0 radical (unpaired) electrons. The molecule has 0 aliphatic carbocycles. The number of carbonyl (C=O) groups excluding carboxylic acids is 2. The van der Waals surface area contributed by atoms with Gasteiger partial charge in [0.1, 0.15) is 0 Å². The van der Waals surface area contributed by atoms with Crippen molar-refractivity contribution in [3.05, 3.63) is 28.8 Å². The number of alkyl halides is 2. The Balaban J connectivity index is 0.00000264. The number of amides is 3. The maximum absolute atomic E-state index is 13.1. The van der Waals surface area contributed by atoms with E-state index in [4.69, 9.17) is 17.3 Å². The average molecular weight is 369 g/mol. The van der Waals surface area contributed by atoms with E-state index in [0.29, 0.717) is 18.8 Å². The number of rotatable bonds is 5. The predicted molar refractivity (Wildman–Crippen MR) is 85.8 cm³/mol. The molecule has 10 heteroatoms. The molecule has 23 heavy (non-hydrogen) atoms. The highest BCUT2D eigenvalue weighted by Gasteiger charge is 2.28. The number of anilines is 1. The van der Waals surface area contributed by atoms with Crippen LogP contribution in [0, 0.1) is 0 Å². The van der Waals surface area contributed by atoms with Gasteiger partial charge in [-0.15, -0.1) is 12.4 Å². The zero-order chi connectivity index (χ0) is 16.3. The molecule has 0 aromatic heterocycles. The minimum absolute atomic E-state index is 0. The predicted octanol–water partition coefficient (Wildman–Crippen LogP) is 1.62. The molecule has 0 atom stereocenters. The highest BCUT2D eigenvalue weighted by molar-refractivity contribution is 6.34. The van der Waals surface area contributed by atoms with E-state index < -0.39 is 24.9 Å². The van der Waals surface area contributed by atoms with Crippen molar-refractivity contribution in [1.82, 2.24) is 10.6 Å². The lowest BCUT2D eigenvalue weighted by Gasteiger charge is -2.17. The Morgan fingerprint density at radius 3 is 2.74 bits per heavy atom. The van der Waals surface area contributed by atoms with Crippen LogP contribution in [-0.2, 0) is 0 Å². The van der Waals surface area contributed by atoms with Crippen LogP contribution in [0.5, 0.6) is 0 Å². The van der Waals surface area contributed by atoms with Crippen molar-refractivity contribution in [1.29, 1.82) is 0 Å². The van der Waals surface area contributed by atoms with Crippen molar-refractivity contribution < 1.29 is 18.4 Å². The van der Waals surface area contributed by atoms with E-state index in [0.717, 1.165) is 0 Å². The highest BCUT2D eigenvalue weighted by atomic mass is 35.5. The monoisotopic (exact) mass is 368 g/mol. The molecule has 3 amide bonds. The van der Waals surface area contributed by atoms with Gasteiger partial charge in [0.2, 0.25) is 0 Å². The fourth-order valence-corrected chi connectivity index (χ4v) is 2.15. The third kappa shape index (κ3) is 4.66. The lowest BCUT2D eigenvalue weighted by Crippen LogP contribution is -2.41. The first kappa shape index (κ1) is 19.4. The second kappa shape index (κ2) is 7.76. The van der Waals surface area contributed by atoms with Crippen LogP contribution in [0.4, 0.5) is 19.3 Å². The molecule has 0 bridgehead atoms. The quantitative estimate of drug-likeness (QED) is 0.737. The van der Waals surface area contributed by atoms with Gasteiger partial charge in [0.25, 0.3) is 11.8 Å². The summed E-state index contributed by atoms with van der Waals surface area (Å²) in [5.74, 6) is -3.94. The first-order valence-electron chi connectivity index (χ1n) is 6.55. The summed E-state index contributed by atoms with van der Waals surface area (Å²) < 4.78 is 26.1. The van der Waals surface area contributed by atoms with Gasteiger partial charge in [0.15, 0.2) is 0 Å². The van der Waals surface area contributed by atoms with Crippen molar-refractivity contribution in [2.75, 3.05) is 31.1 Å². The Morgan fingerprint density at radius 2 is 2.17 bits per heavy atom. The van der Waals surface area contributed by atoms with E-state index in [-0.39, 0.29) is 29.0 Å². The van der Waals surface area contributed by atoms with Crippen molar-refractivity contribution in [3.63, 3.8) is 0 Å². The summed E-state index contributed by atoms with van der Waals surface area (Å²) in [6.07, 6.45) is 0. The summed E-state index contributed by atoms with van der Waals surface area (Å²) in [4.78, 5) is 25.0. The lowest BCUT2D eigenvalue weighted by atomic mass is 10.1. The molecule has 2 rings (SSSR count). The number of carbonyl (C=O) groups is 2. The fraction of sp³-hybridized carbons (Fsp3) is 0.385. The van der Waals surface area contributed by atoms with E-state index in [2.05, 4.69) is 10.6 Å². The second-order valence-corrected chi connectivity index (χ2v) is 5.20. The number of benzene rings is 1. The molecule has 1 saturated heterocycles. The Hall–Kier alpha value is -1.64. The number of halogens is 4. The van der Waals surface area contributed by atoms with Gasteiger partial charge in [-0.1, -0.05) is 11.6 Å². The summed E-state index contributed by atoms with van der Waals surface area (Å²) in [6.45, 7) is -0.805. The van der Waals surface area contributed by atoms with Crippen molar-refractivity contribution in [3.8, 4) is 0 Å². The highest BCUT2D eigenvalue weighted by Crippen LogP contribution is 2.24. The number of urea groups is 1. The Labute approximate surface area is 142 Å². The van der Waals surface area contributed by atoms with Crippen LogP contribution in [0.1, 0.15) is 10.4 Å². The Bertz CT molecular complexity index is 601. The molecule has 1 aliphatic heterocycles. The molecule has 1 aliphatic rings. The Kier molecular flexibility index (Phi) is 6.55. The number of nitrogens with one attached hydrogen (secondary N) is 2. The molecular weight excluding hydrogens is 353 g/mol. The number of hydrogen-bond donors (Lipinski definition) is 3. The summed E-state index contributed by atoms with van der Waals surface area (Å²) >= 11 is 5.93. The van der Waals surface area contributed by atoms with Gasteiger partial charge in [-0.2, -0.15) is 0 Å². The van der Waals surface area contributed by atoms with Gasteiger partial charge < -0.3 is 16.4 Å². The van der Waals surface area contributed by atoms with Crippen LogP contribution in [-0.4, -0.2) is 44.0 Å². The van der Waals surface area contributed by atoms with E-state index in [1.807, 2.05) is 0 Å². The van der Waals surface area contributed by atoms with Crippen molar-refractivity contribution >= 4 is 41.6 Å². The number of hydrogen-bond acceptors (Lipinski definition) is 3. The van der Waals surface area contributed by atoms with Crippen molar-refractivity contribution in [2.45, 2.75) is 5.92 Å². The maximum atomic E-state index is 13.1. The second-order valence-electron chi connectivity index (χ2n) is 4.79. The van der Waals surface area contributed by atoms with Gasteiger partial charge in [-0.3, -0.25) is 9.69 Å². The molecule has 1 fully saturated rings. The summed E-state index contributed by atoms with van der Waals surface area (Å²) in [7, 11) is 0. The molecule has 6 nitrogen and oxygen atoms in total. The standard InChI is InChI=1S/C13H15ClF2N4O2.ClH/c14-10-2-1-8(20-4-3-18-12(20)22)5-9(10)11(21)19-7-13(15,16)6-17;/h1-2,5H,3-4,6-7,17H2,(H,18,22)(H,19,21);1H. The van der Waals surface area contributed by atoms with Gasteiger partial charge >= 0.3 is 6.03 Å². The first-order chi connectivity index (χ1) is 10.3. The van der Waals surface area contributed by atoms with Gasteiger partial charge in [0.05, 0.1) is 23.7 Å². The van der Waals surface area contributed by atoms with Crippen LogP contribution < -0.4 is 21.3 Å². The van der Waals surface area contributed by atoms with Crippen LogP contribution in [0.25, 0.3) is 0 Å². The van der Waals surface area contributed by atoms with Crippen LogP contribution in [0.2, 0.25) is 5.02 Å². The SMILES string of the molecule is Cl.NCC(F)(F)CNC(=O)c1cc(N2CCNC2=O)ccc1Cl. The largest absolute Gasteiger partial charge is 0.346 e. The molecule has 1 aromatic rings. The van der Waals surface area contributed by atoms with Crippen LogP contribution in [0.3, 0.4) is 0 Å². The molecule has 0 saturated carbocycles. The van der Waals surface area contributed by atoms with E-state index in [9.17, 15) is 18.4 Å². The van der Waals surface area contributed by atoms with Gasteiger partial charge in [-0.25, -0.2) is 13.6 Å². The molecule has 0 unspecified atom stereocenters. The number of nitrogens with zero attached hydrogens (tertiary/aromatic N) is 1. The smallest absolute Gasteiger partial charge is 0.321 e. The normalized spacial score (nSPS) is 14.3. The van der Waals surface area contributed by atoms with Crippen LogP contribution in [0.15, 0.2) is 18.2 Å². The van der Waals surface area contributed by atoms with E-state index >= 15 is 0 Å². The minimum atomic E-state index is -3.19. The molecule has 128 valence electrons. The third-order valence-electron chi connectivity index (χ3n) is 3.17. The number of nitrogens with two attached hydrogens (primary N) is 1. The maximum Gasteiger partial charge on any atom is 0.321 e. The fourth-order valence-electron chi connectivity index (χ4n) is 1.95. The van der Waals surface area contributed by atoms with Gasteiger partial charge in [0, 0.05) is 18.8 Å². The van der Waals surface area contributed by atoms with Crippen LogP contribution >= 0.6 is 24.0 Å². The van der Waals surface area contributed by atoms with E-state index in [1.165, 1.54) is 17.0 Å². The van der Waals surface area contributed by atoms with Gasteiger partial charge in [-0.05, 0) is 18.2 Å². The van der Waals surface area contributed by atoms with Crippen molar-refractivity contribution in [2.24, 2.45) is 5.73 Å². The summed E-state index contributed by atoms with van der Waals surface area (Å²) in [5, 5.41) is 4.82. The van der Waals surface area contributed by atoms with E-state index in [1.54, 1.807) is 6.07 Å². The molecule has 4 N–H and O–H groups in total. The zero-order valence-electron chi connectivity index (χ0n) is 11.9. The minimum Gasteiger partial charge on any atom is -0.346 e. The molecule has 1 aromatic carbocycles. The Morgan fingerprint density at radius 1 is 1.48 bits per heavy atom. The average Bonchev–Trinajstić information content (AvgIpc) is 2.91. The molecule has 1 heterocycles. The molecule has 0 spiro atoms. The first-order valence-corrected chi connectivity index (χ1v) is 6.93. The third-order valence-corrected chi connectivity index (χ3v) is 3.50. The molecular formula is C13H16Cl2F2N4O2. The zero-order valence-corrected chi connectivity index (χ0v) is 13.5.